The largest absolute Gasteiger partial charge is 0.315 e. The molecule has 3 nitrogen and oxygen atoms in total. The van der Waals surface area contributed by atoms with Gasteiger partial charge in [-0.15, -0.1) is 0 Å². The van der Waals surface area contributed by atoms with Crippen molar-refractivity contribution in [1.82, 2.24) is 15.1 Å². The van der Waals surface area contributed by atoms with Crippen LogP contribution in [-0.4, -0.2) is 61.7 Å². The third-order valence-corrected chi connectivity index (χ3v) is 3.92. The molecule has 1 N–H and O–H groups in total. The molecule has 2 aliphatic heterocycles. The van der Waals surface area contributed by atoms with Gasteiger partial charge in [0, 0.05) is 25.7 Å². The van der Waals surface area contributed by atoms with Crippen molar-refractivity contribution in [3.05, 3.63) is 0 Å². The second-order valence-electron chi connectivity index (χ2n) is 5.24. The highest BCUT2D eigenvalue weighted by atomic mass is 15.3. The SMILES string of the molecule is CCCNCCN1CCCN2CCCC2C1. The molecule has 0 aliphatic carbocycles. The van der Waals surface area contributed by atoms with Crippen LogP contribution in [0, 0.1) is 0 Å². The summed E-state index contributed by atoms with van der Waals surface area (Å²) in [6, 6.07) is 0.869. The maximum Gasteiger partial charge on any atom is 0.0223 e. The summed E-state index contributed by atoms with van der Waals surface area (Å²) in [7, 11) is 0. The summed E-state index contributed by atoms with van der Waals surface area (Å²) >= 11 is 0. The predicted molar refractivity (Wildman–Crippen MR) is 68.8 cm³/mol. The topological polar surface area (TPSA) is 18.5 Å². The molecule has 94 valence electrons. The molecule has 0 aromatic carbocycles. The van der Waals surface area contributed by atoms with Crippen molar-refractivity contribution in [2.24, 2.45) is 0 Å². The zero-order valence-corrected chi connectivity index (χ0v) is 10.7. The number of hydrogen-bond acceptors (Lipinski definition) is 3. The van der Waals surface area contributed by atoms with Gasteiger partial charge in [-0.3, -0.25) is 4.90 Å². The molecule has 0 saturated carbocycles. The van der Waals surface area contributed by atoms with Crippen LogP contribution in [0.25, 0.3) is 0 Å². The molecular weight excluding hydrogens is 198 g/mol. The second kappa shape index (κ2) is 6.58. The normalized spacial score (nSPS) is 27.9. The maximum absolute atomic E-state index is 3.51. The predicted octanol–water partition coefficient (Wildman–Crippen LogP) is 1.16. The van der Waals surface area contributed by atoms with E-state index in [1.165, 1.54) is 71.5 Å². The highest BCUT2D eigenvalue weighted by Crippen LogP contribution is 2.20. The summed E-state index contributed by atoms with van der Waals surface area (Å²) in [5.41, 5.74) is 0. The van der Waals surface area contributed by atoms with E-state index in [1.54, 1.807) is 0 Å². The van der Waals surface area contributed by atoms with Gasteiger partial charge in [0.2, 0.25) is 0 Å². The first-order valence-electron chi connectivity index (χ1n) is 7.07. The van der Waals surface area contributed by atoms with E-state index < -0.39 is 0 Å². The summed E-state index contributed by atoms with van der Waals surface area (Å²) in [4.78, 5) is 5.37. The molecule has 0 radical (unpaired) electrons. The molecule has 0 spiro atoms. The summed E-state index contributed by atoms with van der Waals surface area (Å²) in [6.45, 7) is 11.1. The van der Waals surface area contributed by atoms with Crippen LogP contribution < -0.4 is 5.32 Å². The van der Waals surface area contributed by atoms with E-state index in [2.05, 4.69) is 22.0 Å². The van der Waals surface area contributed by atoms with Crippen molar-refractivity contribution >= 4 is 0 Å². The van der Waals surface area contributed by atoms with Crippen molar-refractivity contribution in [3.8, 4) is 0 Å². The fraction of sp³-hybridized carbons (Fsp3) is 1.00. The lowest BCUT2D eigenvalue weighted by atomic mass is 10.2. The smallest absolute Gasteiger partial charge is 0.0223 e. The van der Waals surface area contributed by atoms with Crippen molar-refractivity contribution in [2.75, 3.05) is 45.8 Å². The first kappa shape index (κ1) is 12.3. The van der Waals surface area contributed by atoms with E-state index in [-0.39, 0.29) is 0 Å². The van der Waals surface area contributed by atoms with Gasteiger partial charge in [0.1, 0.15) is 0 Å². The fourth-order valence-electron chi connectivity index (χ4n) is 3.03. The lowest BCUT2D eigenvalue weighted by molar-refractivity contribution is 0.220. The van der Waals surface area contributed by atoms with Crippen molar-refractivity contribution in [2.45, 2.75) is 38.6 Å². The molecule has 0 aromatic rings. The third kappa shape index (κ3) is 3.44. The van der Waals surface area contributed by atoms with E-state index >= 15 is 0 Å². The number of hydrogen-bond donors (Lipinski definition) is 1. The quantitative estimate of drug-likeness (QED) is 0.708. The zero-order chi connectivity index (χ0) is 11.2. The maximum atomic E-state index is 3.51. The molecule has 1 unspecified atom stereocenters. The summed E-state index contributed by atoms with van der Waals surface area (Å²) in [6.07, 6.45) is 5.46. The first-order valence-corrected chi connectivity index (χ1v) is 7.07. The van der Waals surface area contributed by atoms with E-state index in [0.29, 0.717) is 0 Å². The Kier molecular flexibility index (Phi) is 5.07. The van der Waals surface area contributed by atoms with Crippen LogP contribution in [0.3, 0.4) is 0 Å². The monoisotopic (exact) mass is 225 g/mol. The van der Waals surface area contributed by atoms with E-state index in [1.807, 2.05) is 0 Å². The molecule has 0 amide bonds. The summed E-state index contributed by atoms with van der Waals surface area (Å²) < 4.78 is 0. The van der Waals surface area contributed by atoms with Crippen molar-refractivity contribution < 1.29 is 0 Å². The van der Waals surface area contributed by atoms with Crippen molar-refractivity contribution in [1.29, 1.82) is 0 Å². The average Bonchev–Trinajstić information content (AvgIpc) is 2.63. The van der Waals surface area contributed by atoms with Gasteiger partial charge in [0.25, 0.3) is 0 Å². The first-order chi connectivity index (χ1) is 7.90. The van der Waals surface area contributed by atoms with Crippen LogP contribution in [-0.2, 0) is 0 Å². The molecule has 2 heterocycles. The van der Waals surface area contributed by atoms with Crippen LogP contribution >= 0.6 is 0 Å². The lowest BCUT2D eigenvalue weighted by Gasteiger charge is -2.25. The van der Waals surface area contributed by atoms with Gasteiger partial charge in [0.15, 0.2) is 0 Å². The Morgan fingerprint density at radius 1 is 1.12 bits per heavy atom. The molecule has 16 heavy (non-hydrogen) atoms. The van der Waals surface area contributed by atoms with E-state index in [0.717, 1.165) is 6.04 Å². The molecule has 1 atom stereocenters. The molecule has 2 rings (SSSR count). The second-order valence-corrected chi connectivity index (χ2v) is 5.24. The molecule has 2 aliphatic rings. The van der Waals surface area contributed by atoms with Crippen LogP contribution in [0.4, 0.5) is 0 Å². The molecular formula is C13H27N3. The van der Waals surface area contributed by atoms with Crippen LogP contribution in [0.1, 0.15) is 32.6 Å². The van der Waals surface area contributed by atoms with Crippen LogP contribution in [0.15, 0.2) is 0 Å². The number of nitrogens with zero attached hydrogens (tertiary/aromatic N) is 2. The Morgan fingerprint density at radius 2 is 2.00 bits per heavy atom. The molecule has 0 aromatic heterocycles. The van der Waals surface area contributed by atoms with Crippen molar-refractivity contribution in [3.63, 3.8) is 0 Å². The number of fused-ring (bicyclic) bond motifs is 1. The standard InChI is InChI=1S/C13H27N3/c1-2-6-14-7-11-15-8-4-10-16-9-3-5-13(16)12-15/h13-14H,2-12H2,1H3. The Balaban J connectivity index is 1.69. The highest BCUT2D eigenvalue weighted by molar-refractivity contribution is 4.84. The Hall–Kier alpha value is -0.120. The van der Waals surface area contributed by atoms with Gasteiger partial charge in [-0.2, -0.15) is 0 Å². The third-order valence-electron chi connectivity index (χ3n) is 3.92. The fourth-order valence-corrected chi connectivity index (χ4v) is 3.03. The molecule has 0 bridgehead atoms. The van der Waals surface area contributed by atoms with Gasteiger partial charge in [-0.1, -0.05) is 6.92 Å². The number of rotatable bonds is 5. The van der Waals surface area contributed by atoms with Crippen LogP contribution in [0.5, 0.6) is 0 Å². The van der Waals surface area contributed by atoms with E-state index in [4.69, 9.17) is 0 Å². The average molecular weight is 225 g/mol. The minimum atomic E-state index is 0.869. The Bertz CT molecular complexity index is 196. The van der Waals surface area contributed by atoms with Gasteiger partial charge in [-0.05, 0) is 51.9 Å². The lowest BCUT2D eigenvalue weighted by Crippen LogP contribution is -2.39. The Labute approximate surface area is 100 Å². The van der Waals surface area contributed by atoms with Gasteiger partial charge in [0.05, 0.1) is 0 Å². The molecule has 3 heteroatoms. The van der Waals surface area contributed by atoms with Gasteiger partial charge in [-0.25, -0.2) is 0 Å². The number of nitrogens with one attached hydrogen (secondary N) is 1. The Morgan fingerprint density at radius 3 is 2.88 bits per heavy atom. The van der Waals surface area contributed by atoms with Gasteiger partial charge < -0.3 is 10.2 Å². The molecule has 2 saturated heterocycles. The minimum Gasteiger partial charge on any atom is -0.315 e. The summed E-state index contributed by atoms with van der Waals surface area (Å²) in [5, 5.41) is 3.51. The minimum absolute atomic E-state index is 0.869. The zero-order valence-electron chi connectivity index (χ0n) is 10.7. The summed E-state index contributed by atoms with van der Waals surface area (Å²) in [5.74, 6) is 0. The molecule has 2 fully saturated rings. The van der Waals surface area contributed by atoms with Gasteiger partial charge >= 0.3 is 0 Å². The van der Waals surface area contributed by atoms with E-state index in [9.17, 15) is 0 Å². The van der Waals surface area contributed by atoms with Crippen LogP contribution in [0.2, 0.25) is 0 Å². The highest BCUT2D eigenvalue weighted by Gasteiger charge is 2.28.